The highest BCUT2D eigenvalue weighted by molar-refractivity contribution is 6.31. The molecule has 0 spiro atoms. The first kappa shape index (κ1) is 28.5. The number of hydrogen-bond donors (Lipinski definition) is 3. The van der Waals surface area contributed by atoms with E-state index in [9.17, 15) is 20.1 Å². The second kappa shape index (κ2) is 11.7. The summed E-state index contributed by atoms with van der Waals surface area (Å²) in [7, 11) is 0. The minimum atomic E-state index is -1.77. The molecule has 2 bridgehead atoms. The largest absolute Gasteiger partial charge is 0.462 e. The monoisotopic (exact) mass is 547 g/mol. The van der Waals surface area contributed by atoms with Crippen molar-refractivity contribution >= 4 is 23.3 Å². The van der Waals surface area contributed by atoms with E-state index >= 15 is 0 Å². The van der Waals surface area contributed by atoms with Crippen LogP contribution in [0.15, 0.2) is 47.6 Å². The zero-order chi connectivity index (χ0) is 27.5. The Bertz CT molecular complexity index is 1170. The van der Waals surface area contributed by atoms with Gasteiger partial charge in [0.25, 0.3) is 0 Å². The second-order valence-electron chi connectivity index (χ2n) is 9.69. The summed E-state index contributed by atoms with van der Waals surface area (Å²) in [6, 6.07) is 12.9. The third kappa shape index (κ3) is 5.45. The van der Waals surface area contributed by atoms with E-state index in [4.69, 9.17) is 30.6 Å². The Balaban J connectivity index is 1.59. The number of halogens is 1. The molecule has 0 radical (unpaired) electrons. The molecule has 10 heteroatoms. The smallest absolute Gasteiger partial charge is 0.305 e. The van der Waals surface area contributed by atoms with Crippen LogP contribution in [-0.4, -0.2) is 70.7 Å². The van der Waals surface area contributed by atoms with Gasteiger partial charge in [0.2, 0.25) is 5.79 Å². The lowest BCUT2D eigenvalue weighted by atomic mass is 9.83. The Morgan fingerprint density at radius 2 is 1.87 bits per heavy atom. The second-order valence-corrected chi connectivity index (χ2v) is 10.1. The zero-order valence-electron chi connectivity index (χ0n) is 21.7. The molecule has 4 rings (SSSR count). The number of rotatable bonds is 10. The number of oxime groups is 1. The third-order valence-electron chi connectivity index (χ3n) is 6.94. The molecule has 2 heterocycles. The van der Waals surface area contributed by atoms with Gasteiger partial charge in [-0.25, -0.2) is 0 Å². The molecular weight excluding hydrogens is 514 g/mol. The van der Waals surface area contributed by atoms with E-state index in [0.29, 0.717) is 30.0 Å². The molecule has 2 saturated heterocycles. The van der Waals surface area contributed by atoms with Crippen LogP contribution in [0.4, 0.5) is 0 Å². The SMILES string of the molecule is CCCC(=O)OC[C@@]12CO[C@@](c3ccc(Cl)c(Cc4ccc(C(C)=NOCC)cc4)c3)(O1)[C@H](O)[C@@H](O)[C@@H]2O. The minimum absolute atomic E-state index is 0.191. The van der Waals surface area contributed by atoms with Gasteiger partial charge < -0.3 is 34.4 Å². The Labute approximate surface area is 226 Å². The fourth-order valence-electron chi connectivity index (χ4n) is 4.76. The normalized spacial score (nSPS) is 28.8. The number of nitrogens with zero attached hydrogens (tertiary/aromatic N) is 1. The number of fused-ring (bicyclic) bond motifs is 2. The van der Waals surface area contributed by atoms with Gasteiger partial charge in [-0.3, -0.25) is 4.79 Å². The van der Waals surface area contributed by atoms with Crippen molar-refractivity contribution in [1.82, 2.24) is 0 Å². The predicted molar refractivity (Wildman–Crippen MR) is 140 cm³/mol. The molecule has 0 amide bonds. The van der Waals surface area contributed by atoms with E-state index in [1.807, 2.05) is 45.0 Å². The highest BCUT2D eigenvalue weighted by Crippen LogP contribution is 2.50. The summed E-state index contributed by atoms with van der Waals surface area (Å²) in [4.78, 5) is 17.1. The van der Waals surface area contributed by atoms with Crippen molar-refractivity contribution in [3.05, 3.63) is 69.7 Å². The molecule has 3 N–H and O–H groups in total. The van der Waals surface area contributed by atoms with Gasteiger partial charge in [-0.15, -0.1) is 0 Å². The lowest BCUT2D eigenvalue weighted by Gasteiger charge is -2.46. The molecular formula is C28H34ClNO8. The van der Waals surface area contributed by atoms with Crippen molar-refractivity contribution in [3.63, 3.8) is 0 Å². The Hall–Kier alpha value is -2.53. The van der Waals surface area contributed by atoms with Crippen LogP contribution in [0.3, 0.4) is 0 Å². The maximum Gasteiger partial charge on any atom is 0.305 e. The highest BCUT2D eigenvalue weighted by atomic mass is 35.5. The van der Waals surface area contributed by atoms with Gasteiger partial charge in [0, 0.05) is 17.0 Å². The summed E-state index contributed by atoms with van der Waals surface area (Å²) >= 11 is 6.53. The lowest BCUT2D eigenvalue weighted by molar-refractivity contribution is -0.330. The summed E-state index contributed by atoms with van der Waals surface area (Å²) in [6.45, 7) is 5.57. The van der Waals surface area contributed by atoms with Crippen LogP contribution in [0.5, 0.6) is 0 Å². The highest BCUT2D eigenvalue weighted by Gasteiger charge is 2.67. The van der Waals surface area contributed by atoms with E-state index in [-0.39, 0.29) is 19.6 Å². The third-order valence-corrected chi connectivity index (χ3v) is 7.31. The molecule has 206 valence electrons. The van der Waals surface area contributed by atoms with Gasteiger partial charge in [-0.05, 0) is 55.5 Å². The van der Waals surface area contributed by atoms with Crippen LogP contribution in [0.25, 0.3) is 0 Å². The van der Waals surface area contributed by atoms with E-state index < -0.39 is 35.7 Å². The fraction of sp³-hybridized carbons (Fsp3) is 0.500. The number of carbonyl (C=O) groups is 1. The molecule has 0 aliphatic carbocycles. The molecule has 5 atom stereocenters. The average molecular weight is 548 g/mol. The van der Waals surface area contributed by atoms with Crippen LogP contribution >= 0.6 is 11.6 Å². The van der Waals surface area contributed by atoms with E-state index in [2.05, 4.69) is 5.16 Å². The van der Waals surface area contributed by atoms with Crippen LogP contribution in [0, 0.1) is 0 Å². The van der Waals surface area contributed by atoms with Gasteiger partial charge in [-0.2, -0.15) is 0 Å². The summed E-state index contributed by atoms with van der Waals surface area (Å²) in [6.07, 6.45) is -3.42. The lowest BCUT2D eigenvalue weighted by Crippen LogP contribution is -2.65. The summed E-state index contributed by atoms with van der Waals surface area (Å²) in [5, 5.41) is 37.0. The first-order valence-electron chi connectivity index (χ1n) is 12.7. The van der Waals surface area contributed by atoms with Gasteiger partial charge in [0.05, 0.1) is 12.3 Å². The van der Waals surface area contributed by atoms with Gasteiger partial charge in [0.15, 0.2) is 5.60 Å². The van der Waals surface area contributed by atoms with Crippen molar-refractivity contribution in [2.45, 2.75) is 69.7 Å². The maximum atomic E-state index is 12.0. The van der Waals surface area contributed by atoms with Crippen molar-refractivity contribution in [3.8, 4) is 0 Å². The quantitative estimate of drug-likeness (QED) is 0.235. The van der Waals surface area contributed by atoms with Gasteiger partial charge >= 0.3 is 5.97 Å². The van der Waals surface area contributed by atoms with E-state index in [0.717, 1.165) is 22.4 Å². The Kier molecular flexibility index (Phi) is 8.76. The standard InChI is InChI=1S/C28H34ClNO8/c1-4-6-23(31)35-15-27-16-36-28(38-27,26(34)24(32)25(27)33)21-11-12-22(29)20(14-21)13-18-7-9-19(10-8-18)17(3)30-37-5-2/h7-12,14,24-26,32-34H,4-6,13,15-16H2,1-3H3/t24-,25-,26+,27-,28-/m0/s1. The zero-order valence-corrected chi connectivity index (χ0v) is 22.5. The predicted octanol–water partition coefficient (Wildman–Crippen LogP) is 3.07. The Morgan fingerprint density at radius 3 is 2.55 bits per heavy atom. The molecule has 9 nitrogen and oxygen atoms in total. The van der Waals surface area contributed by atoms with Crippen LogP contribution in [-0.2, 0) is 36.1 Å². The molecule has 0 saturated carbocycles. The van der Waals surface area contributed by atoms with E-state index in [1.165, 1.54) is 0 Å². The molecule has 2 fully saturated rings. The number of hydrogen-bond acceptors (Lipinski definition) is 9. The van der Waals surface area contributed by atoms with Crippen molar-refractivity contribution in [2.75, 3.05) is 19.8 Å². The first-order valence-corrected chi connectivity index (χ1v) is 13.1. The van der Waals surface area contributed by atoms with E-state index in [1.54, 1.807) is 18.2 Å². The molecule has 38 heavy (non-hydrogen) atoms. The topological polar surface area (TPSA) is 127 Å². The van der Waals surface area contributed by atoms with Crippen molar-refractivity contribution in [1.29, 1.82) is 0 Å². The number of ether oxygens (including phenoxy) is 3. The average Bonchev–Trinajstić information content (AvgIpc) is 3.30. The van der Waals surface area contributed by atoms with Crippen LogP contribution in [0.1, 0.15) is 55.9 Å². The molecule has 0 aromatic heterocycles. The molecule has 2 aliphatic heterocycles. The van der Waals surface area contributed by atoms with Crippen LogP contribution in [0.2, 0.25) is 5.02 Å². The number of benzene rings is 2. The van der Waals surface area contributed by atoms with Crippen LogP contribution < -0.4 is 0 Å². The summed E-state index contributed by atoms with van der Waals surface area (Å²) < 4.78 is 17.5. The number of carbonyl (C=O) groups excluding carboxylic acids is 1. The molecule has 0 unspecified atom stereocenters. The van der Waals surface area contributed by atoms with Crippen molar-refractivity contribution < 1.29 is 39.2 Å². The first-order chi connectivity index (χ1) is 18.2. The number of esters is 1. The minimum Gasteiger partial charge on any atom is -0.462 e. The molecule has 2 aliphatic rings. The summed E-state index contributed by atoms with van der Waals surface area (Å²) in [5.41, 5.74) is 2.33. The molecule has 2 aromatic carbocycles. The maximum absolute atomic E-state index is 12.0. The molecule has 2 aromatic rings. The number of aliphatic hydroxyl groups is 3. The fourth-order valence-corrected chi connectivity index (χ4v) is 4.95. The number of aliphatic hydroxyl groups excluding tert-OH is 3. The Morgan fingerprint density at radius 1 is 1.13 bits per heavy atom. The van der Waals surface area contributed by atoms with Gasteiger partial charge in [-0.1, -0.05) is 54.0 Å². The summed E-state index contributed by atoms with van der Waals surface area (Å²) in [5.74, 6) is -2.22. The van der Waals surface area contributed by atoms with Crippen molar-refractivity contribution in [2.24, 2.45) is 5.16 Å². The van der Waals surface area contributed by atoms with Gasteiger partial charge in [0.1, 0.15) is 31.5 Å².